The lowest BCUT2D eigenvalue weighted by atomic mass is 10.3. The Labute approximate surface area is 120 Å². The number of H-pyrrole nitrogens is 1. The predicted octanol–water partition coefficient (Wildman–Crippen LogP) is 4.71. The van der Waals surface area contributed by atoms with Crippen LogP contribution >= 0.6 is 39.5 Å². The summed E-state index contributed by atoms with van der Waals surface area (Å²) in [5, 5.41) is 2.01. The van der Waals surface area contributed by atoms with Gasteiger partial charge in [0, 0.05) is 9.35 Å². The monoisotopic (exact) mass is 342 g/mol. The summed E-state index contributed by atoms with van der Waals surface area (Å²) in [5.41, 5.74) is 1.65. The van der Waals surface area contributed by atoms with E-state index in [0.29, 0.717) is 11.3 Å². The lowest BCUT2D eigenvalue weighted by Crippen LogP contribution is -1.98. The van der Waals surface area contributed by atoms with Gasteiger partial charge in [-0.3, -0.25) is 0 Å². The van der Waals surface area contributed by atoms with E-state index in [1.807, 2.05) is 16.0 Å². The highest BCUT2D eigenvalue weighted by molar-refractivity contribution is 9.10. The number of benzene rings is 1. The van der Waals surface area contributed by atoms with E-state index in [4.69, 9.17) is 12.2 Å². The molecule has 3 rings (SSSR count). The third-order valence-corrected chi connectivity index (χ3v) is 4.96. The Morgan fingerprint density at radius 2 is 2.22 bits per heavy atom. The summed E-state index contributed by atoms with van der Waals surface area (Å²) in [6, 6.07) is 6.64. The van der Waals surface area contributed by atoms with Gasteiger partial charge in [-0.05, 0) is 57.8 Å². The van der Waals surface area contributed by atoms with E-state index in [1.54, 1.807) is 17.4 Å². The molecule has 18 heavy (non-hydrogen) atoms. The molecule has 0 bridgehead atoms. The number of halogens is 2. The molecule has 0 unspecified atom stereocenters. The molecule has 0 atom stereocenters. The molecule has 0 aliphatic heterocycles. The molecule has 0 fully saturated rings. The highest BCUT2D eigenvalue weighted by Crippen LogP contribution is 2.25. The number of aromatic amines is 1. The molecule has 0 amide bonds. The number of hydrogen-bond acceptors (Lipinski definition) is 2. The van der Waals surface area contributed by atoms with Crippen molar-refractivity contribution in [2.75, 3.05) is 0 Å². The summed E-state index contributed by atoms with van der Waals surface area (Å²) in [6.07, 6.45) is 0. The molecule has 2 aromatic heterocycles. The summed E-state index contributed by atoms with van der Waals surface area (Å²) < 4.78 is 16.9. The molecule has 1 N–H and O–H groups in total. The third kappa shape index (κ3) is 2.04. The van der Waals surface area contributed by atoms with Crippen molar-refractivity contribution in [2.45, 2.75) is 6.54 Å². The zero-order valence-electron chi connectivity index (χ0n) is 9.11. The Morgan fingerprint density at radius 1 is 1.39 bits per heavy atom. The van der Waals surface area contributed by atoms with Crippen molar-refractivity contribution in [1.82, 2.24) is 9.55 Å². The van der Waals surface area contributed by atoms with Crippen LogP contribution < -0.4 is 0 Å². The van der Waals surface area contributed by atoms with Crippen LogP contribution in [0.5, 0.6) is 0 Å². The van der Waals surface area contributed by atoms with Gasteiger partial charge in [0.25, 0.3) is 0 Å². The van der Waals surface area contributed by atoms with Gasteiger partial charge in [-0.1, -0.05) is 0 Å². The summed E-state index contributed by atoms with van der Waals surface area (Å²) in [6.45, 7) is 0.639. The number of nitrogens with zero attached hydrogens (tertiary/aromatic N) is 1. The van der Waals surface area contributed by atoms with Gasteiger partial charge in [-0.2, -0.15) is 0 Å². The summed E-state index contributed by atoms with van der Waals surface area (Å²) in [5.74, 6) is -0.254. The molecule has 6 heteroatoms. The van der Waals surface area contributed by atoms with E-state index in [2.05, 4.69) is 20.9 Å². The molecule has 2 nitrogen and oxygen atoms in total. The maximum Gasteiger partial charge on any atom is 0.178 e. The molecule has 92 valence electrons. The number of rotatable bonds is 2. The first-order valence-electron chi connectivity index (χ1n) is 5.25. The highest BCUT2D eigenvalue weighted by atomic mass is 79.9. The Kier molecular flexibility index (Phi) is 3.09. The molecular weight excluding hydrogens is 335 g/mol. The first-order chi connectivity index (χ1) is 8.65. The van der Waals surface area contributed by atoms with Gasteiger partial charge in [-0.25, -0.2) is 4.39 Å². The van der Waals surface area contributed by atoms with Crippen molar-refractivity contribution < 1.29 is 4.39 Å². The van der Waals surface area contributed by atoms with E-state index in [-0.39, 0.29) is 5.82 Å². The van der Waals surface area contributed by atoms with E-state index in [9.17, 15) is 4.39 Å². The van der Waals surface area contributed by atoms with Gasteiger partial charge >= 0.3 is 0 Å². The van der Waals surface area contributed by atoms with Crippen molar-refractivity contribution in [3.63, 3.8) is 0 Å². The molecule has 0 spiro atoms. The summed E-state index contributed by atoms with van der Waals surface area (Å²) in [4.78, 5) is 4.25. The maximum atomic E-state index is 13.3. The van der Waals surface area contributed by atoms with Crippen molar-refractivity contribution in [2.24, 2.45) is 0 Å². The average Bonchev–Trinajstić information content (AvgIpc) is 2.86. The number of fused-ring (bicyclic) bond motifs is 1. The first kappa shape index (κ1) is 12.1. The Bertz CT molecular complexity index is 772. The molecule has 0 aliphatic carbocycles. The number of aromatic nitrogens is 2. The second-order valence-corrected chi connectivity index (χ2v) is 6.11. The van der Waals surface area contributed by atoms with Gasteiger partial charge in [0.2, 0.25) is 0 Å². The van der Waals surface area contributed by atoms with Crippen molar-refractivity contribution >= 4 is 50.5 Å². The summed E-state index contributed by atoms with van der Waals surface area (Å²) >= 11 is 10.4. The zero-order chi connectivity index (χ0) is 12.7. The smallest absolute Gasteiger partial charge is 0.178 e. The van der Waals surface area contributed by atoms with E-state index >= 15 is 0 Å². The van der Waals surface area contributed by atoms with Crippen LogP contribution in [0.2, 0.25) is 0 Å². The zero-order valence-corrected chi connectivity index (χ0v) is 12.3. The van der Waals surface area contributed by atoms with Crippen LogP contribution in [0.25, 0.3) is 11.0 Å². The maximum absolute atomic E-state index is 13.3. The van der Waals surface area contributed by atoms with E-state index < -0.39 is 0 Å². The van der Waals surface area contributed by atoms with E-state index in [1.165, 1.54) is 12.1 Å². The largest absolute Gasteiger partial charge is 0.331 e. The standard InChI is InChI=1S/C12H8BrFN2S2/c13-8-3-4-18-11(8)6-16-10-5-7(14)1-2-9(10)15-12(16)17/h1-5H,6H2,(H,15,17). The van der Waals surface area contributed by atoms with Gasteiger partial charge < -0.3 is 9.55 Å². The van der Waals surface area contributed by atoms with Crippen LogP contribution in [0.1, 0.15) is 4.88 Å². The molecule has 1 aromatic carbocycles. The quantitative estimate of drug-likeness (QED) is 0.669. The number of hydrogen-bond donors (Lipinski definition) is 1. The SMILES string of the molecule is Fc1ccc2[nH]c(=S)n(Cc3sccc3Br)c2c1. The predicted molar refractivity (Wildman–Crippen MR) is 78.2 cm³/mol. The van der Waals surface area contributed by atoms with Crippen LogP contribution in [-0.2, 0) is 6.54 Å². The second-order valence-electron chi connectivity index (χ2n) is 3.87. The van der Waals surface area contributed by atoms with Gasteiger partial charge in [-0.15, -0.1) is 11.3 Å². The molecule has 0 saturated heterocycles. The lowest BCUT2D eigenvalue weighted by molar-refractivity contribution is 0.628. The van der Waals surface area contributed by atoms with Crippen LogP contribution in [0.4, 0.5) is 4.39 Å². The Hall–Kier alpha value is -0.980. The third-order valence-electron chi connectivity index (χ3n) is 2.73. The molecular formula is C12H8BrFN2S2. The molecule has 3 aromatic rings. The molecule has 0 saturated carbocycles. The van der Waals surface area contributed by atoms with Crippen LogP contribution in [0.3, 0.4) is 0 Å². The average molecular weight is 343 g/mol. The highest BCUT2D eigenvalue weighted by Gasteiger charge is 2.08. The lowest BCUT2D eigenvalue weighted by Gasteiger charge is -2.03. The Balaban J connectivity index is 2.17. The summed E-state index contributed by atoms with van der Waals surface area (Å²) in [7, 11) is 0. The van der Waals surface area contributed by atoms with Gasteiger partial charge in [0.15, 0.2) is 4.77 Å². The number of imidazole rings is 1. The minimum Gasteiger partial charge on any atom is -0.331 e. The number of thiophene rings is 1. The Morgan fingerprint density at radius 3 is 2.94 bits per heavy atom. The normalized spacial score (nSPS) is 11.2. The van der Waals surface area contributed by atoms with Crippen molar-refractivity contribution in [3.8, 4) is 0 Å². The van der Waals surface area contributed by atoms with E-state index in [0.717, 1.165) is 20.4 Å². The number of nitrogens with one attached hydrogen (secondary N) is 1. The molecule has 2 heterocycles. The van der Waals surface area contributed by atoms with Crippen molar-refractivity contribution in [3.05, 3.63) is 49.6 Å². The molecule has 0 aliphatic rings. The molecule has 0 radical (unpaired) electrons. The fourth-order valence-electron chi connectivity index (χ4n) is 1.86. The minimum atomic E-state index is -0.254. The van der Waals surface area contributed by atoms with Crippen molar-refractivity contribution in [1.29, 1.82) is 0 Å². The first-order valence-corrected chi connectivity index (χ1v) is 7.33. The fraction of sp³-hybridized carbons (Fsp3) is 0.0833. The topological polar surface area (TPSA) is 20.7 Å². The van der Waals surface area contributed by atoms with Crippen LogP contribution in [-0.4, -0.2) is 9.55 Å². The second kappa shape index (κ2) is 4.60. The van der Waals surface area contributed by atoms with Crippen LogP contribution in [0.15, 0.2) is 34.1 Å². The van der Waals surface area contributed by atoms with Gasteiger partial charge in [0.05, 0.1) is 17.6 Å². The van der Waals surface area contributed by atoms with Crippen LogP contribution in [0, 0.1) is 10.6 Å². The fourth-order valence-corrected chi connectivity index (χ4v) is 3.60. The van der Waals surface area contributed by atoms with Gasteiger partial charge in [0.1, 0.15) is 5.82 Å². The minimum absolute atomic E-state index is 0.254.